The van der Waals surface area contributed by atoms with Crippen molar-refractivity contribution >= 4 is 37.3 Å². The molecule has 1 aliphatic carbocycles. The maximum Gasteiger partial charge on any atom is 0.251 e. The fourth-order valence-electron chi connectivity index (χ4n) is 2.39. The summed E-state index contributed by atoms with van der Waals surface area (Å²) in [7, 11) is -3.45. The second-order valence-corrected chi connectivity index (χ2v) is 8.15. The first-order valence-electron chi connectivity index (χ1n) is 5.91. The Morgan fingerprint density at radius 1 is 1.26 bits per heavy atom. The molecule has 0 saturated heterocycles. The van der Waals surface area contributed by atoms with Gasteiger partial charge in [-0.3, -0.25) is 0 Å². The van der Waals surface area contributed by atoms with Gasteiger partial charge in [0.1, 0.15) is 4.21 Å². The molecule has 0 spiro atoms. The van der Waals surface area contributed by atoms with Crippen LogP contribution in [0.15, 0.2) is 44.4 Å². The summed E-state index contributed by atoms with van der Waals surface area (Å²) in [4.78, 5) is 0. The van der Waals surface area contributed by atoms with E-state index in [0.29, 0.717) is 8.68 Å². The normalized spacial score (nSPS) is 18.5. The van der Waals surface area contributed by atoms with Gasteiger partial charge in [0.2, 0.25) is 0 Å². The van der Waals surface area contributed by atoms with Crippen LogP contribution in [0.1, 0.15) is 23.6 Å². The molecule has 1 unspecified atom stereocenters. The lowest BCUT2D eigenvalue weighted by molar-refractivity contribution is 0.556. The molecule has 19 heavy (non-hydrogen) atoms. The van der Waals surface area contributed by atoms with E-state index < -0.39 is 10.0 Å². The Labute approximate surface area is 124 Å². The van der Waals surface area contributed by atoms with Crippen LogP contribution in [0.25, 0.3) is 0 Å². The number of aryl methyl sites for hydroxylation is 1. The zero-order valence-electron chi connectivity index (χ0n) is 9.97. The highest BCUT2D eigenvalue weighted by Crippen LogP contribution is 2.34. The first kappa shape index (κ1) is 13.3. The number of hydrogen-bond donors (Lipinski definition) is 1. The Hall–Kier alpha value is -0.690. The Morgan fingerprint density at radius 2 is 2.05 bits per heavy atom. The van der Waals surface area contributed by atoms with Gasteiger partial charge in [-0.05, 0) is 51.3 Å². The first-order chi connectivity index (χ1) is 9.08. The van der Waals surface area contributed by atoms with Crippen molar-refractivity contribution in [3.63, 3.8) is 0 Å². The van der Waals surface area contributed by atoms with Gasteiger partial charge in [-0.25, -0.2) is 13.1 Å². The maximum atomic E-state index is 12.3. The lowest BCUT2D eigenvalue weighted by Gasteiger charge is -2.13. The molecule has 1 aromatic carbocycles. The Morgan fingerprint density at radius 3 is 2.79 bits per heavy atom. The summed E-state index contributed by atoms with van der Waals surface area (Å²) in [5, 5.41) is 1.77. The minimum absolute atomic E-state index is 0.116. The van der Waals surface area contributed by atoms with Crippen molar-refractivity contribution in [1.29, 1.82) is 0 Å². The van der Waals surface area contributed by atoms with E-state index in [2.05, 4.69) is 26.7 Å². The van der Waals surface area contributed by atoms with Crippen LogP contribution in [0.5, 0.6) is 0 Å². The third kappa shape index (κ3) is 2.50. The Bertz CT molecular complexity index is 709. The molecule has 0 amide bonds. The van der Waals surface area contributed by atoms with Crippen molar-refractivity contribution < 1.29 is 8.42 Å². The number of hydrogen-bond acceptors (Lipinski definition) is 3. The standard InChI is InChI=1S/C13H12BrNO2S2/c14-11-7-8-18-13(11)19(16,17)15-12-6-5-9-3-1-2-4-10(9)12/h1-4,7-8,12,15H,5-6H2. The molecule has 0 saturated carbocycles. The quantitative estimate of drug-likeness (QED) is 0.913. The summed E-state index contributed by atoms with van der Waals surface area (Å²) in [5.74, 6) is 0. The smallest absolute Gasteiger partial charge is 0.206 e. The monoisotopic (exact) mass is 357 g/mol. The molecule has 1 aromatic heterocycles. The fraction of sp³-hybridized carbons (Fsp3) is 0.231. The van der Waals surface area contributed by atoms with Gasteiger partial charge in [0.15, 0.2) is 0 Å². The number of halogens is 1. The van der Waals surface area contributed by atoms with Crippen molar-refractivity contribution in [1.82, 2.24) is 4.72 Å². The average Bonchev–Trinajstić information content (AvgIpc) is 2.97. The molecule has 1 N–H and O–H groups in total. The molecule has 0 aliphatic heterocycles. The molecule has 0 bridgehead atoms. The molecule has 100 valence electrons. The van der Waals surface area contributed by atoms with Gasteiger partial charge in [0.25, 0.3) is 10.0 Å². The highest BCUT2D eigenvalue weighted by atomic mass is 79.9. The molecule has 3 rings (SSSR count). The zero-order chi connectivity index (χ0) is 13.5. The second kappa shape index (κ2) is 5.01. The molecule has 0 radical (unpaired) electrons. The van der Waals surface area contributed by atoms with Crippen molar-refractivity contribution in [2.24, 2.45) is 0 Å². The van der Waals surface area contributed by atoms with Crippen LogP contribution in [-0.4, -0.2) is 8.42 Å². The van der Waals surface area contributed by atoms with Gasteiger partial charge in [-0.1, -0.05) is 24.3 Å². The van der Waals surface area contributed by atoms with Crippen molar-refractivity contribution in [2.45, 2.75) is 23.1 Å². The summed E-state index contributed by atoms with van der Waals surface area (Å²) in [5.41, 5.74) is 2.33. The SMILES string of the molecule is O=S(=O)(NC1CCc2ccccc21)c1sccc1Br. The third-order valence-electron chi connectivity index (χ3n) is 3.26. The van der Waals surface area contributed by atoms with Crippen LogP contribution in [0.3, 0.4) is 0 Å². The number of rotatable bonds is 3. The van der Waals surface area contributed by atoms with Gasteiger partial charge in [0.05, 0.1) is 0 Å². The van der Waals surface area contributed by atoms with Crippen molar-refractivity contribution in [2.75, 3.05) is 0 Å². The minimum atomic E-state index is -3.45. The average molecular weight is 358 g/mol. The molecular formula is C13H12BrNO2S2. The highest BCUT2D eigenvalue weighted by Gasteiger charge is 2.28. The van der Waals surface area contributed by atoms with Gasteiger partial charge in [-0.2, -0.15) is 0 Å². The topological polar surface area (TPSA) is 46.2 Å². The van der Waals surface area contributed by atoms with Gasteiger partial charge in [-0.15, -0.1) is 11.3 Å². The predicted octanol–water partition coefficient (Wildman–Crippen LogP) is 3.48. The Balaban J connectivity index is 1.90. The van der Waals surface area contributed by atoms with Crippen molar-refractivity contribution in [3.8, 4) is 0 Å². The number of fused-ring (bicyclic) bond motifs is 1. The van der Waals surface area contributed by atoms with Gasteiger partial charge >= 0.3 is 0 Å². The molecule has 1 atom stereocenters. The second-order valence-electron chi connectivity index (χ2n) is 4.47. The molecule has 2 aromatic rings. The third-order valence-corrected chi connectivity index (χ3v) is 7.40. The zero-order valence-corrected chi connectivity index (χ0v) is 13.2. The van der Waals surface area contributed by atoms with E-state index in [1.54, 1.807) is 11.4 Å². The molecule has 1 aliphatic rings. The number of benzene rings is 1. The van der Waals surface area contributed by atoms with Crippen LogP contribution in [0, 0.1) is 0 Å². The van der Waals surface area contributed by atoms with Crippen LogP contribution >= 0.6 is 27.3 Å². The summed E-state index contributed by atoms with van der Waals surface area (Å²) >= 11 is 4.50. The predicted molar refractivity (Wildman–Crippen MR) is 79.8 cm³/mol. The first-order valence-corrected chi connectivity index (χ1v) is 9.06. The van der Waals surface area contributed by atoms with E-state index in [9.17, 15) is 8.42 Å². The summed E-state index contributed by atoms with van der Waals surface area (Å²) < 4.78 is 28.5. The summed E-state index contributed by atoms with van der Waals surface area (Å²) in [6.07, 6.45) is 1.75. The van der Waals surface area contributed by atoms with E-state index in [-0.39, 0.29) is 6.04 Å². The van der Waals surface area contributed by atoms with Crippen LogP contribution in [0.4, 0.5) is 0 Å². The fourth-order valence-corrected chi connectivity index (χ4v) is 6.00. The number of nitrogens with one attached hydrogen (secondary N) is 1. The van der Waals surface area contributed by atoms with E-state index in [0.717, 1.165) is 18.4 Å². The summed E-state index contributed by atoms with van der Waals surface area (Å²) in [6, 6.07) is 9.64. The van der Waals surface area contributed by atoms with E-state index in [1.807, 2.05) is 18.2 Å². The maximum absolute atomic E-state index is 12.3. The van der Waals surface area contributed by atoms with Gasteiger partial charge in [0, 0.05) is 10.5 Å². The highest BCUT2D eigenvalue weighted by molar-refractivity contribution is 9.10. The van der Waals surface area contributed by atoms with E-state index in [1.165, 1.54) is 16.9 Å². The van der Waals surface area contributed by atoms with Crippen LogP contribution in [-0.2, 0) is 16.4 Å². The lowest BCUT2D eigenvalue weighted by Crippen LogP contribution is -2.26. The number of sulfonamides is 1. The molecule has 6 heteroatoms. The molecule has 1 heterocycles. The van der Waals surface area contributed by atoms with Crippen molar-refractivity contribution in [3.05, 3.63) is 51.3 Å². The van der Waals surface area contributed by atoms with E-state index in [4.69, 9.17) is 0 Å². The molecular weight excluding hydrogens is 346 g/mol. The lowest BCUT2D eigenvalue weighted by atomic mass is 10.1. The number of thiophene rings is 1. The minimum Gasteiger partial charge on any atom is -0.206 e. The largest absolute Gasteiger partial charge is 0.251 e. The molecule has 0 fully saturated rings. The van der Waals surface area contributed by atoms with Crippen LogP contribution < -0.4 is 4.72 Å². The Kier molecular flexibility index (Phi) is 3.51. The van der Waals surface area contributed by atoms with Crippen LogP contribution in [0.2, 0.25) is 0 Å². The molecule has 3 nitrogen and oxygen atoms in total. The van der Waals surface area contributed by atoms with Gasteiger partial charge < -0.3 is 0 Å². The summed E-state index contributed by atoms with van der Waals surface area (Å²) in [6.45, 7) is 0. The van der Waals surface area contributed by atoms with E-state index >= 15 is 0 Å².